The smallest absolute Gasteiger partial charge is 0.277 e. The summed E-state index contributed by atoms with van der Waals surface area (Å²) < 4.78 is 30.0. The van der Waals surface area contributed by atoms with Crippen LogP contribution in [0.4, 0.5) is 0 Å². The monoisotopic (exact) mass is 360 g/mol. The maximum atomic E-state index is 13.4. The number of aromatic nitrogens is 3. The first kappa shape index (κ1) is 15.3. The largest absolute Gasteiger partial charge is 0.343 e. The highest BCUT2D eigenvalue weighted by atomic mass is 32.2. The molecule has 1 saturated heterocycles. The number of H-pyrrole nitrogens is 1. The van der Waals surface area contributed by atoms with Gasteiger partial charge < -0.3 is 0 Å². The first-order chi connectivity index (χ1) is 12.0. The van der Waals surface area contributed by atoms with Gasteiger partial charge in [-0.2, -0.15) is 9.40 Å². The highest BCUT2D eigenvalue weighted by Crippen LogP contribution is 2.36. The van der Waals surface area contributed by atoms with Crippen LogP contribution >= 0.6 is 0 Å². The van der Waals surface area contributed by atoms with Crippen LogP contribution in [0.2, 0.25) is 0 Å². The number of hydrogen-bond acceptors (Lipinski definition) is 4. The molecule has 3 aliphatic rings. The average Bonchev–Trinajstić information content (AvgIpc) is 3.25. The molecular formula is C17H20N4O3S. The average molecular weight is 360 g/mol. The standard InChI is InChI=1S/C17H20N4O3S/c22-17-19-18-16-9-13-5-6-14(10-20(16)17)21(13)25(23,24)15-7-4-11-2-1-3-12(11)8-15/h4,7-8,13-14H,1-3,5-6,9-10H2,(H,19,22)/t13-,14+/m0/s1. The number of benzene rings is 1. The third kappa shape index (κ3) is 2.23. The zero-order valence-electron chi connectivity index (χ0n) is 13.8. The van der Waals surface area contributed by atoms with E-state index in [1.807, 2.05) is 12.1 Å². The summed E-state index contributed by atoms with van der Waals surface area (Å²) in [6.45, 7) is 0.380. The molecule has 0 radical (unpaired) electrons. The summed E-state index contributed by atoms with van der Waals surface area (Å²) in [5, 5.41) is 6.55. The lowest BCUT2D eigenvalue weighted by molar-refractivity contribution is 0.314. The number of hydrogen-bond donors (Lipinski definition) is 1. The topological polar surface area (TPSA) is 88.1 Å². The third-order valence-electron chi connectivity index (χ3n) is 5.85. The fourth-order valence-corrected chi connectivity index (χ4v) is 6.55. The summed E-state index contributed by atoms with van der Waals surface area (Å²) >= 11 is 0. The highest BCUT2D eigenvalue weighted by Gasteiger charge is 2.45. The molecule has 7 nitrogen and oxygen atoms in total. The Hall–Kier alpha value is -1.93. The first-order valence-electron chi connectivity index (χ1n) is 8.83. The fourth-order valence-electron chi connectivity index (χ4n) is 4.64. The summed E-state index contributed by atoms with van der Waals surface area (Å²) in [6.07, 6.45) is 5.17. The number of aromatic amines is 1. The minimum atomic E-state index is -3.57. The van der Waals surface area contributed by atoms with Gasteiger partial charge in [-0.3, -0.25) is 4.57 Å². The highest BCUT2D eigenvalue weighted by molar-refractivity contribution is 7.89. The Bertz CT molecular complexity index is 1010. The van der Waals surface area contributed by atoms with Gasteiger partial charge in [0, 0.05) is 25.0 Å². The number of fused-ring (bicyclic) bond motifs is 4. The Morgan fingerprint density at radius 2 is 1.92 bits per heavy atom. The normalized spacial score (nSPS) is 25.6. The van der Waals surface area contributed by atoms with Gasteiger partial charge in [-0.1, -0.05) is 6.07 Å². The van der Waals surface area contributed by atoms with E-state index in [1.165, 1.54) is 5.56 Å². The summed E-state index contributed by atoms with van der Waals surface area (Å²) in [5.74, 6) is 0.659. The van der Waals surface area contributed by atoms with Crippen molar-refractivity contribution in [3.63, 3.8) is 0 Å². The Labute approximate surface area is 145 Å². The van der Waals surface area contributed by atoms with Crippen LogP contribution < -0.4 is 5.69 Å². The summed E-state index contributed by atoms with van der Waals surface area (Å²) in [4.78, 5) is 12.3. The molecule has 0 saturated carbocycles. The molecule has 25 heavy (non-hydrogen) atoms. The van der Waals surface area contributed by atoms with Crippen molar-refractivity contribution in [1.29, 1.82) is 0 Å². The maximum Gasteiger partial charge on any atom is 0.343 e. The van der Waals surface area contributed by atoms with Crippen molar-refractivity contribution < 1.29 is 8.42 Å². The molecule has 3 heterocycles. The van der Waals surface area contributed by atoms with Crippen LogP contribution in [0.1, 0.15) is 36.2 Å². The molecule has 5 rings (SSSR count). The van der Waals surface area contributed by atoms with Crippen LogP contribution in [-0.4, -0.2) is 39.6 Å². The van der Waals surface area contributed by atoms with E-state index >= 15 is 0 Å². The van der Waals surface area contributed by atoms with Gasteiger partial charge in [-0.15, -0.1) is 0 Å². The number of sulfonamides is 1. The van der Waals surface area contributed by atoms with E-state index in [-0.39, 0.29) is 17.8 Å². The van der Waals surface area contributed by atoms with Gasteiger partial charge in [-0.05, 0) is 55.4 Å². The van der Waals surface area contributed by atoms with Gasteiger partial charge in [0.1, 0.15) is 5.82 Å². The molecule has 1 aromatic heterocycles. The SMILES string of the molecule is O=c1[nH]nc2n1C[C@H]1CC[C@@H](C2)N1S(=O)(=O)c1ccc2c(c1)CCC2. The predicted octanol–water partition coefficient (Wildman–Crippen LogP) is 0.838. The minimum absolute atomic E-state index is 0.125. The van der Waals surface area contributed by atoms with Gasteiger partial charge >= 0.3 is 5.69 Å². The second-order valence-electron chi connectivity index (χ2n) is 7.26. The molecule has 1 aromatic carbocycles. The molecule has 0 spiro atoms. The van der Waals surface area contributed by atoms with Crippen LogP contribution in [0.25, 0.3) is 0 Å². The van der Waals surface area contributed by atoms with Crippen molar-refractivity contribution in [1.82, 2.24) is 19.1 Å². The predicted molar refractivity (Wildman–Crippen MR) is 90.9 cm³/mol. The molecule has 2 bridgehead atoms. The Balaban J connectivity index is 1.55. The number of nitrogens with zero attached hydrogens (tertiary/aromatic N) is 3. The second kappa shape index (κ2) is 5.28. The van der Waals surface area contributed by atoms with E-state index in [9.17, 15) is 13.2 Å². The van der Waals surface area contributed by atoms with Crippen molar-refractivity contribution in [2.75, 3.05) is 0 Å². The van der Waals surface area contributed by atoms with Crippen molar-refractivity contribution in [2.24, 2.45) is 0 Å². The van der Waals surface area contributed by atoms with Crippen LogP contribution in [0.15, 0.2) is 27.9 Å². The molecule has 0 unspecified atom stereocenters. The Morgan fingerprint density at radius 1 is 1.12 bits per heavy atom. The number of nitrogens with one attached hydrogen (secondary N) is 1. The van der Waals surface area contributed by atoms with Crippen LogP contribution in [0, 0.1) is 0 Å². The van der Waals surface area contributed by atoms with E-state index in [2.05, 4.69) is 10.2 Å². The number of aryl methyl sites for hydroxylation is 2. The van der Waals surface area contributed by atoms with Gasteiger partial charge in [0.05, 0.1) is 4.90 Å². The quantitative estimate of drug-likeness (QED) is 0.860. The van der Waals surface area contributed by atoms with Crippen LogP contribution in [0.3, 0.4) is 0 Å². The molecule has 0 amide bonds. The van der Waals surface area contributed by atoms with E-state index < -0.39 is 10.0 Å². The molecule has 1 aliphatic carbocycles. The van der Waals surface area contributed by atoms with Crippen LogP contribution in [0.5, 0.6) is 0 Å². The van der Waals surface area contributed by atoms with Crippen molar-refractivity contribution in [3.05, 3.63) is 45.6 Å². The Kier molecular flexibility index (Phi) is 3.24. The van der Waals surface area contributed by atoms with Crippen molar-refractivity contribution in [2.45, 2.75) is 62.0 Å². The molecule has 8 heteroatoms. The lowest BCUT2D eigenvalue weighted by Gasteiger charge is -2.27. The lowest BCUT2D eigenvalue weighted by Crippen LogP contribution is -2.42. The van der Waals surface area contributed by atoms with E-state index in [0.717, 1.165) is 37.7 Å². The van der Waals surface area contributed by atoms with E-state index in [0.29, 0.717) is 23.7 Å². The lowest BCUT2D eigenvalue weighted by atomic mass is 10.1. The molecule has 2 aromatic rings. The molecule has 2 atom stereocenters. The molecular weight excluding hydrogens is 340 g/mol. The molecule has 1 fully saturated rings. The Morgan fingerprint density at radius 3 is 2.80 bits per heavy atom. The second-order valence-corrected chi connectivity index (χ2v) is 9.11. The zero-order chi connectivity index (χ0) is 17.2. The summed E-state index contributed by atoms with van der Waals surface area (Å²) in [7, 11) is -3.57. The van der Waals surface area contributed by atoms with E-state index in [4.69, 9.17) is 0 Å². The van der Waals surface area contributed by atoms with Gasteiger partial charge in [0.25, 0.3) is 0 Å². The van der Waals surface area contributed by atoms with Gasteiger partial charge in [-0.25, -0.2) is 18.3 Å². The summed E-state index contributed by atoms with van der Waals surface area (Å²) in [6, 6.07) is 5.26. The molecule has 2 aliphatic heterocycles. The van der Waals surface area contributed by atoms with E-state index in [1.54, 1.807) is 14.9 Å². The zero-order valence-corrected chi connectivity index (χ0v) is 14.6. The first-order valence-corrected chi connectivity index (χ1v) is 10.3. The van der Waals surface area contributed by atoms with Crippen molar-refractivity contribution >= 4 is 10.0 Å². The van der Waals surface area contributed by atoms with Gasteiger partial charge in [0.2, 0.25) is 10.0 Å². The van der Waals surface area contributed by atoms with Gasteiger partial charge in [0.15, 0.2) is 0 Å². The van der Waals surface area contributed by atoms with Crippen LogP contribution in [-0.2, 0) is 35.8 Å². The summed E-state index contributed by atoms with van der Waals surface area (Å²) in [5.41, 5.74) is 2.18. The third-order valence-corrected chi connectivity index (χ3v) is 7.85. The number of rotatable bonds is 2. The maximum absolute atomic E-state index is 13.4. The van der Waals surface area contributed by atoms with Crippen molar-refractivity contribution in [3.8, 4) is 0 Å². The molecule has 132 valence electrons. The molecule has 1 N–H and O–H groups in total. The fraction of sp³-hybridized carbons (Fsp3) is 0.529. The minimum Gasteiger partial charge on any atom is -0.277 e.